The van der Waals surface area contributed by atoms with Gasteiger partial charge in [0.05, 0.1) is 19.8 Å². The Balaban J connectivity index is 2.27. The summed E-state index contributed by atoms with van der Waals surface area (Å²) in [5.41, 5.74) is 1.16. The van der Waals surface area contributed by atoms with Crippen molar-refractivity contribution in [2.24, 2.45) is 4.99 Å². The lowest BCUT2D eigenvalue weighted by molar-refractivity contribution is -0.130. The van der Waals surface area contributed by atoms with Gasteiger partial charge in [0.15, 0.2) is 5.96 Å². The summed E-state index contributed by atoms with van der Waals surface area (Å²) in [6.45, 7) is 10.6. The van der Waals surface area contributed by atoms with Gasteiger partial charge in [-0.1, -0.05) is 30.3 Å². The molecule has 0 saturated heterocycles. The van der Waals surface area contributed by atoms with Crippen molar-refractivity contribution in [3.63, 3.8) is 0 Å². The molecule has 0 aliphatic heterocycles. The zero-order valence-electron chi connectivity index (χ0n) is 15.8. The Kier molecular flexibility index (Phi) is 11.1. The van der Waals surface area contributed by atoms with Gasteiger partial charge in [0.1, 0.15) is 0 Å². The van der Waals surface area contributed by atoms with Crippen molar-refractivity contribution in [3.05, 3.63) is 35.9 Å². The van der Waals surface area contributed by atoms with E-state index in [4.69, 9.17) is 4.74 Å². The predicted octanol–water partition coefficient (Wildman–Crippen LogP) is 2.02. The van der Waals surface area contributed by atoms with Gasteiger partial charge in [-0.2, -0.15) is 0 Å². The Morgan fingerprint density at radius 2 is 1.84 bits per heavy atom. The van der Waals surface area contributed by atoms with Gasteiger partial charge in [-0.05, 0) is 26.3 Å². The molecule has 0 aliphatic rings. The highest BCUT2D eigenvalue weighted by Crippen LogP contribution is 2.00. The topological polar surface area (TPSA) is 66.0 Å². The molecule has 6 nitrogen and oxygen atoms in total. The molecule has 0 saturated carbocycles. The maximum Gasteiger partial charge on any atom is 0.224 e. The second-order valence-electron chi connectivity index (χ2n) is 5.54. The monoisotopic (exact) mass is 348 g/mol. The summed E-state index contributed by atoms with van der Waals surface area (Å²) in [5, 5.41) is 6.38. The largest absolute Gasteiger partial charge is 0.375 e. The molecule has 0 bridgehead atoms. The van der Waals surface area contributed by atoms with E-state index in [9.17, 15) is 4.79 Å². The van der Waals surface area contributed by atoms with Crippen LogP contribution >= 0.6 is 0 Å². The van der Waals surface area contributed by atoms with Crippen LogP contribution in [0, 0.1) is 0 Å². The molecule has 0 aliphatic carbocycles. The van der Waals surface area contributed by atoms with Crippen LogP contribution in [-0.2, 0) is 16.1 Å². The zero-order valence-corrected chi connectivity index (χ0v) is 15.8. The molecule has 25 heavy (non-hydrogen) atoms. The average molecular weight is 348 g/mol. The fourth-order valence-electron chi connectivity index (χ4n) is 2.35. The minimum absolute atomic E-state index is 0.166. The number of hydrogen-bond acceptors (Lipinski definition) is 3. The number of nitrogens with zero attached hydrogens (tertiary/aromatic N) is 2. The van der Waals surface area contributed by atoms with Crippen LogP contribution in [0.15, 0.2) is 35.3 Å². The Bertz CT molecular complexity index is 501. The lowest BCUT2D eigenvalue weighted by Crippen LogP contribution is -2.40. The summed E-state index contributed by atoms with van der Waals surface area (Å²) in [5.74, 6) is 0.887. The van der Waals surface area contributed by atoms with Crippen LogP contribution in [0.3, 0.4) is 0 Å². The van der Waals surface area contributed by atoms with Crippen LogP contribution in [0.25, 0.3) is 0 Å². The molecule has 0 radical (unpaired) electrons. The van der Waals surface area contributed by atoms with Gasteiger partial charge in [-0.3, -0.25) is 9.79 Å². The number of aliphatic imine (C=N–C) groups is 1. The molecule has 1 aromatic carbocycles. The normalized spacial score (nSPS) is 11.2. The molecular weight excluding hydrogens is 316 g/mol. The van der Waals surface area contributed by atoms with Gasteiger partial charge in [0.2, 0.25) is 5.91 Å². The molecule has 6 heteroatoms. The average Bonchev–Trinajstić information content (AvgIpc) is 2.63. The number of hydrogen-bond donors (Lipinski definition) is 2. The molecule has 0 heterocycles. The molecule has 0 fully saturated rings. The Morgan fingerprint density at radius 3 is 2.48 bits per heavy atom. The highest BCUT2D eigenvalue weighted by molar-refractivity contribution is 5.81. The number of rotatable bonds is 11. The molecule has 0 atom stereocenters. The number of guanidine groups is 1. The maximum absolute atomic E-state index is 12.0. The van der Waals surface area contributed by atoms with E-state index in [2.05, 4.69) is 15.6 Å². The fourth-order valence-corrected chi connectivity index (χ4v) is 2.35. The van der Waals surface area contributed by atoms with Crippen LogP contribution in [0.2, 0.25) is 0 Å². The van der Waals surface area contributed by atoms with Crippen LogP contribution in [0.4, 0.5) is 0 Å². The first-order valence-electron chi connectivity index (χ1n) is 9.12. The van der Waals surface area contributed by atoms with Crippen molar-refractivity contribution in [1.82, 2.24) is 15.5 Å². The van der Waals surface area contributed by atoms with E-state index in [1.807, 2.05) is 56.0 Å². The van der Waals surface area contributed by atoms with Crippen molar-refractivity contribution in [2.75, 3.05) is 39.3 Å². The van der Waals surface area contributed by atoms with Crippen LogP contribution in [-0.4, -0.2) is 56.1 Å². The van der Waals surface area contributed by atoms with E-state index in [0.717, 1.165) is 31.2 Å². The Labute approximate surface area is 151 Å². The van der Waals surface area contributed by atoms with E-state index < -0.39 is 0 Å². The fraction of sp³-hybridized carbons (Fsp3) is 0.579. The lowest BCUT2D eigenvalue weighted by atomic mass is 10.2. The minimum atomic E-state index is 0.166. The Morgan fingerprint density at radius 1 is 1.12 bits per heavy atom. The first-order chi connectivity index (χ1) is 12.2. The molecule has 140 valence electrons. The van der Waals surface area contributed by atoms with Crippen LogP contribution in [0.5, 0.6) is 0 Å². The molecular formula is C19H32N4O2. The van der Waals surface area contributed by atoms with E-state index in [0.29, 0.717) is 32.7 Å². The predicted molar refractivity (Wildman–Crippen MR) is 103 cm³/mol. The summed E-state index contributed by atoms with van der Waals surface area (Å²) < 4.78 is 5.63. The second-order valence-corrected chi connectivity index (χ2v) is 5.54. The number of ether oxygens (including phenoxy) is 1. The molecule has 1 amide bonds. The van der Waals surface area contributed by atoms with Gasteiger partial charge < -0.3 is 20.3 Å². The quantitative estimate of drug-likeness (QED) is 0.365. The third kappa shape index (κ3) is 9.10. The lowest BCUT2D eigenvalue weighted by Gasteiger charge is -2.19. The van der Waals surface area contributed by atoms with Gasteiger partial charge in [0.25, 0.3) is 0 Å². The molecule has 0 aromatic heterocycles. The number of benzene rings is 1. The summed E-state index contributed by atoms with van der Waals surface area (Å²) in [7, 11) is 0. The summed E-state index contributed by atoms with van der Waals surface area (Å²) in [6, 6.07) is 10.1. The van der Waals surface area contributed by atoms with Crippen molar-refractivity contribution in [2.45, 2.75) is 33.8 Å². The smallest absolute Gasteiger partial charge is 0.224 e. The molecule has 0 spiro atoms. The number of carbonyl (C=O) groups excluding carboxylic acids is 1. The SMILES string of the molecule is CCNC(=NCCOCc1ccccc1)NCCC(=O)N(CC)CC. The summed E-state index contributed by atoms with van der Waals surface area (Å²) in [4.78, 5) is 18.3. The van der Waals surface area contributed by atoms with Crippen molar-refractivity contribution in [1.29, 1.82) is 0 Å². The third-order valence-corrected chi connectivity index (χ3v) is 3.71. The van der Waals surface area contributed by atoms with Gasteiger partial charge in [-0.15, -0.1) is 0 Å². The minimum Gasteiger partial charge on any atom is -0.375 e. The summed E-state index contributed by atoms with van der Waals surface area (Å²) in [6.07, 6.45) is 0.469. The van der Waals surface area contributed by atoms with E-state index in [1.165, 1.54) is 0 Å². The first kappa shape index (κ1) is 21.0. The maximum atomic E-state index is 12.0. The highest BCUT2D eigenvalue weighted by Gasteiger charge is 2.08. The van der Waals surface area contributed by atoms with Crippen LogP contribution < -0.4 is 10.6 Å². The van der Waals surface area contributed by atoms with Crippen LogP contribution in [0.1, 0.15) is 32.8 Å². The molecule has 1 aromatic rings. The Hall–Kier alpha value is -2.08. The van der Waals surface area contributed by atoms with E-state index in [1.54, 1.807) is 0 Å². The number of amides is 1. The third-order valence-electron chi connectivity index (χ3n) is 3.71. The van der Waals surface area contributed by atoms with Gasteiger partial charge >= 0.3 is 0 Å². The second kappa shape index (κ2) is 13.2. The van der Waals surface area contributed by atoms with Gasteiger partial charge in [-0.25, -0.2) is 0 Å². The molecule has 2 N–H and O–H groups in total. The van der Waals surface area contributed by atoms with Crippen molar-refractivity contribution in [3.8, 4) is 0 Å². The van der Waals surface area contributed by atoms with E-state index >= 15 is 0 Å². The van der Waals surface area contributed by atoms with Crippen molar-refractivity contribution < 1.29 is 9.53 Å². The first-order valence-corrected chi connectivity index (χ1v) is 9.12. The molecule has 0 unspecified atom stereocenters. The van der Waals surface area contributed by atoms with Crippen molar-refractivity contribution >= 4 is 11.9 Å². The number of nitrogens with one attached hydrogen (secondary N) is 2. The number of carbonyl (C=O) groups is 1. The zero-order chi connectivity index (χ0) is 18.3. The van der Waals surface area contributed by atoms with E-state index in [-0.39, 0.29) is 5.91 Å². The standard InChI is InChI=1S/C19H32N4O2/c1-4-20-19(21-13-12-18(24)23(5-2)6-3)22-14-15-25-16-17-10-8-7-9-11-17/h7-11H,4-6,12-16H2,1-3H3,(H2,20,21,22). The van der Waals surface area contributed by atoms with Gasteiger partial charge in [0, 0.05) is 32.6 Å². The molecule has 1 rings (SSSR count). The summed E-state index contributed by atoms with van der Waals surface area (Å²) >= 11 is 0. The highest BCUT2D eigenvalue weighted by atomic mass is 16.5.